The molecule has 0 aromatic heterocycles. The average molecular weight is 452 g/mol. The topological polar surface area (TPSA) is 119 Å². The van der Waals surface area contributed by atoms with Gasteiger partial charge in [-0.2, -0.15) is 0 Å². The molecule has 9 heteroatoms. The minimum atomic E-state index is -3.84. The molecule has 1 aliphatic heterocycles. The van der Waals surface area contributed by atoms with Crippen molar-refractivity contribution in [2.24, 2.45) is 5.73 Å². The summed E-state index contributed by atoms with van der Waals surface area (Å²) in [7, 11) is -2.42. The van der Waals surface area contributed by atoms with E-state index in [-0.39, 0.29) is 21.7 Å². The summed E-state index contributed by atoms with van der Waals surface area (Å²) < 4.78 is 33.1. The maximum atomic E-state index is 13.3. The molecule has 0 saturated carbocycles. The number of rotatable bonds is 6. The van der Waals surface area contributed by atoms with Crippen LogP contribution < -0.4 is 20.1 Å². The molecule has 0 saturated heterocycles. The predicted molar refractivity (Wildman–Crippen MR) is 121 cm³/mol. The van der Waals surface area contributed by atoms with Crippen molar-refractivity contribution in [3.63, 3.8) is 0 Å². The summed E-state index contributed by atoms with van der Waals surface area (Å²) in [6.07, 6.45) is 0.631. The molecule has 3 N–H and O–H groups in total. The van der Waals surface area contributed by atoms with Gasteiger partial charge < -0.3 is 15.8 Å². The molecular weight excluding hydrogens is 430 g/mol. The fourth-order valence-electron chi connectivity index (χ4n) is 3.64. The van der Waals surface area contributed by atoms with Crippen LogP contribution in [0.5, 0.6) is 5.75 Å². The van der Waals surface area contributed by atoms with Gasteiger partial charge in [0, 0.05) is 17.7 Å². The molecule has 1 heterocycles. The minimum Gasteiger partial charge on any atom is -0.495 e. The number of amides is 2. The summed E-state index contributed by atoms with van der Waals surface area (Å²) in [5, 5.41) is 2.66. The van der Waals surface area contributed by atoms with Crippen molar-refractivity contribution in [1.29, 1.82) is 0 Å². The van der Waals surface area contributed by atoms with E-state index >= 15 is 0 Å². The summed E-state index contributed by atoms with van der Waals surface area (Å²) >= 11 is 0. The van der Waals surface area contributed by atoms with Crippen LogP contribution in [0.4, 0.5) is 11.4 Å². The molecule has 164 valence electrons. The summed E-state index contributed by atoms with van der Waals surface area (Å²) in [5.74, 6) is -0.869. The average Bonchev–Trinajstić information content (AvgIpc) is 3.24. The Balaban J connectivity index is 1.63. The van der Waals surface area contributed by atoms with Gasteiger partial charge in [-0.1, -0.05) is 24.3 Å². The van der Waals surface area contributed by atoms with Crippen molar-refractivity contribution in [1.82, 2.24) is 0 Å². The summed E-state index contributed by atoms with van der Waals surface area (Å²) in [6, 6.07) is 17.6. The maximum absolute atomic E-state index is 13.3. The lowest BCUT2D eigenvalue weighted by molar-refractivity contribution is 0.0996. The third kappa shape index (κ3) is 3.90. The fraction of sp³-hybridized carbons (Fsp3) is 0.130. The second-order valence-electron chi connectivity index (χ2n) is 7.22. The SMILES string of the molecule is COc1ccc(C(N)=O)cc1NC(=O)c1cccc(S(=O)(=O)N2CCc3ccccc32)c1. The number of carbonyl (C=O) groups is 2. The van der Waals surface area contributed by atoms with Crippen molar-refractivity contribution in [3.8, 4) is 5.75 Å². The normalized spacial score (nSPS) is 12.8. The molecule has 1 aliphatic rings. The molecule has 0 unspecified atom stereocenters. The minimum absolute atomic E-state index is 0.0136. The third-order valence-corrected chi connectivity index (χ3v) is 7.07. The Morgan fingerprint density at radius 3 is 2.53 bits per heavy atom. The van der Waals surface area contributed by atoms with E-state index < -0.39 is 21.8 Å². The fourth-order valence-corrected chi connectivity index (χ4v) is 5.19. The highest BCUT2D eigenvalue weighted by Crippen LogP contribution is 2.33. The van der Waals surface area contributed by atoms with E-state index in [2.05, 4.69) is 5.32 Å². The lowest BCUT2D eigenvalue weighted by atomic mass is 10.1. The first-order valence-electron chi connectivity index (χ1n) is 9.81. The van der Waals surface area contributed by atoms with Crippen molar-refractivity contribution in [3.05, 3.63) is 83.4 Å². The number of nitrogens with two attached hydrogens (primary N) is 1. The van der Waals surface area contributed by atoms with Crippen LogP contribution in [0.2, 0.25) is 0 Å². The number of hydrogen-bond donors (Lipinski definition) is 2. The summed E-state index contributed by atoms with van der Waals surface area (Å²) in [4.78, 5) is 24.4. The Morgan fingerprint density at radius 1 is 1.00 bits per heavy atom. The number of carbonyl (C=O) groups excluding carboxylic acids is 2. The van der Waals surface area contributed by atoms with Crippen LogP contribution in [0.1, 0.15) is 26.3 Å². The van der Waals surface area contributed by atoms with E-state index in [0.717, 1.165) is 5.56 Å². The third-order valence-electron chi connectivity index (χ3n) is 5.26. The molecule has 8 nitrogen and oxygen atoms in total. The monoisotopic (exact) mass is 451 g/mol. The predicted octanol–water partition coefficient (Wildman–Crippen LogP) is 2.80. The van der Waals surface area contributed by atoms with E-state index in [0.29, 0.717) is 24.4 Å². The number of ether oxygens (including phenoxy) is 1. The van der Waals surface area contributed by atoms with Crippen LogP contribution in [0.3, 0.4) is 0 Å². The zero-order valence-electron chi connectivity index (χ0n) is 17.2. The van der Waals surface area contributed by atoms with Gasteiger partial charge in [-0.3, -0.25) is 13.9 Å². The molecule has 2 amide bonds. The molecule has 3 aromatic carbocycles. The van der Waals surface area contributed by atoms with Gasteiger partial charge in [0.25, 0.3) is 15.9 Å². The molecule has 4 rings (SSSR count). The summed E-state index contributed by atoms with van der Waals surface area (Å²) in [6.45, 7) is 0.342. The lowest BCUT2D eigenvalue weighted by Gasteiger charge is -2.20. The molecule has 0 aliphatic carbocycles. The van der Waals surface area contributed by atoms with Gasteiger partial charge in [0.05, 0.1) is 23.4 Å². The van der Waals surface area contributed by atoms with Crippen LogP contribution in [0, 0.1) is 0 Å². The van der Waals surface area contributed by atoms with E-state index in [9.17, 15) is 18.0 Å². The van der Waals surface area contributed by atoms with Gasteiger partial charge in [0.2, 0.25) is 5.91 Å². The highest BCUT2D eigenvalue weighted by atomic mass is 32.2. The smallest absolute Gasteiger partial charge is 0.264 e. The van der Waals surface area contributed by atoms with Crippen LogP contribution >= 0.6 is 0 Å². The highest BCUT2D eigenvalue weighted by molar-refractivity contribution is 7.92. The Morgan fingerprint density at radius 2 is 1.78 bits per heavy atom. The first-order chi connectivity index (χ1) is 15.3. The number of hydrogen-bond acceptors (Lipinski definition) is 5. The number of nitrogens with zero attached hydrogens (tertiary/aromatic N) is 1. The van der Waals surface area contributed by atoms with Gasteiger partial charge in [-0.25, -0.2) is 8.42 Å². The first kappa shape index (κ1) is 21.4. The highest BCUT2D eigenvalue weighted by Gasteiger charge is 2.31. The van der Waals surface area contributed by atoms with Gasteiger partial charge in [0.15, 0.2) is 0 Å². The van der Waals surface area contributed by atoms with Crippen molar-refractivity contribution >= 4 is 33.2 Å². The molecule has 0 bridgehead atoms. The Bertz CT molecular complexity index is 1320. The Kier molecular flexibility index (Phi) is 5.58. The van der Waals surface area contributed by atoms with Gasteiger partial charge in [-0.05, 0) is 54.4 Å². The van der Waals surface area contributed by atoms with Crippen LogP contribution in [-0.2, 0) is 16.4 Å². The molecule has 0 radical (unpaired) electrons. The number of sulfonamides is 1. The number of methoxy groups -OCH3 is 1. The van der Waals surface area contributed by atoms with E-state index in [1.54, 1.807) is 12.1 Å². The molecule has 0 fully saturated rings. The Hall–Kier alpha value is -3.85. The molecule has 3 aromatic rings. The number of nitrogens with one attached hydrogen (secondary N) is 1. The van der Waals surface area contributed by atoms with Crippen LogP contribution in [0.15, 0.2) is 71.6 Å². The van der Waals surface area contributed by atoms with E-state index in [4.69, 9.17) is 10.5 Å². The zero-order valence-corrected chi connectivity index (χ0v) is 18.1. The van der Waals surface area contributed by atoms with E-state index in [1.165, 1.54) is 53.9 Å². The molecule has 32 heavy (non-hydrogen) atoms. The van der Waals surface area contributed by atoms with Crippen LogP contribution in [0.25, 0.3) is 0 Å². The summed E-state index contributed by atoms with van der Waals surface area (Å²) in [5.41, 5.74) is 7.52. The largest absolute Gasteiger partial charge is 0.495 e. The Labute approximate surface area is 185 Å². The second kappa shape index (κ2) is 8.35. The number of para-hydroxylation sites is 1. The molecular formula is C23H21N3O5S. The number of primary amides is 1. The number of fused-ring (bicyclic) bond motifs is 1. The van der Waals surface area contributed by atoms with Crippen molar-refractivity contribution < 1.29 is 22.7 Å². The van der Waals surface area contributed by atoms with Gasteiger partial charge >= 0.3 is 0 Å². The van der Waals surface area contributed by atoms with Crippen molar-refractivity contribution in [2.75, 3.05) is 23.3 Å². The van der Waals surface area contributed by atoms with Crippen molar-refractivity contribution in [2.45, 2.75) is 11.3 Å². The lowest BCUT2D eigenvalue weighted by Crippen LogP contribution is -2.29. The van der Waals surface area contributed by atoms with Gasteiger partial charge in [-0.15, -0.1) is 0 Å². The standard InChI is InChI=1S/C23H21N3O5S/c1-31-21-10-9-16(22(24)27)14-19(21)25-23(28)17-6-4-7-18(13-17)32(29,30)26-12-11-15-5-2-3-8-20(15)26/h2-10,13-14H,11-12H2,1H3,(H2,24,27)(H,25,28). The van der Waals surface area contributed by atoms with Crippen LogP contribution in [-0.4, -0.2) is 33.9 Å². The number of anilines is 2. The zero-order chi connectivity index (χ0) is 22.9. The van der Waals surface area contributed by atoms with E-state index in [1.807, 2.05) is 12.1 Å². The second-order valence-corrected chi connectivity index (χ2v) is 9.08. The van der Waals surface area contributed by atoms with Gasteiger partial charge in [0.1, 0.15) is 5.75 Å². The molecule has 0 spiro atoms. The molecule has 0 atom stereocenters. The quantitative estimate of drug-likeness (QED) is 0.597. The first-order valence-corrected chi connectivity index (χ1v) is 11.2. The maximum Gasteiger partial charge on any atom is 0.264 e. The number of benzene rings is 3.